The Morgan fingerprint density at radius 3 is 2.66 bits per heavy atom. The van der Waals surface area contributed by atoms with Crippen molar-refractivity contribution in [1.29, 1.82) is 0 Å². The molecule has 9 heteroatoms. The van der Waals surface area contributed by atoms with Gasteiger partial charge in [0.05, 0.1) is 30.2 Å². The van der Waals surface area contributed by atoms with Crippen molar-refractivity contribution in [3.8, 4) is 5.88 Å². The second-order valence-electron chi connectivity index (χ2n) is 11.7. The maximum atomic E-state index is 12.3. The van der Waals surface area contributed by atoms with Crippen molar-refractivity contribution in [3.05, 3.63) is 114 Å². The van der Waals surface area contributed by atoms with Crippen LogP contribution in [0.25, 0.3) is 5.57 Å². The first-order chi connectivity index (χ1) is 22.9. The van der Waals surface area contributed by atoms with Gasteiger partial charge in [0.2, 0.25) is 5.88 Å². The molecule has 3 heterocycles. The molecule has 9 nitrogen and oxygen atoms in total. The summed E-state index contributed by atoms with van der Waals surface area (Å²) < 4.78 is 16.8. The van der Waals surface area contributed by atoms with Gasteiger partial charge in [0, 0.05) is 63.0 Å². The van der Waals surface area contributed by atoms with E-state index in [2.05, 4.69) is 60.1 Å². The molecule has 1 saturated heterocycles. The van der Waals surface area contributed by atoms with E-state index in [0.717, 1.165) is 73.0 Å². The van der Waals surface area contributed by atoms with Gasteiger partial charge in [0.1, 0.15) is 6.61 Å². The number of esters is 1. The Labute approximate surface area is 278 Å². The summed E-state index contributed by atoms with van der Waals surface area (Å²) in [7, 11) is 1.40. The summed E-state index contributed by atoms with van der Waals surface area (Å²) in [6.45, 7) is 17.3. The molecule has 1 atom stereocenters. The molecule has 0 N–H and O–H groups in total. The minimum atomic E-state index is -0.350. The summed E-state index contributed by atoms with van der Waals surface area (Å²) in [6, 6.07) is 19.8. The number of benzene rings is 2. The highest BCUT2D eigenvalue weighted by atomic mass is 16.5. The minimum absolute atomic E-state index is 0.147. The van der Waals surface area contributed by atoms with Crippen LogP contribution in [0, 0.1) is 6.92 Å². The lowest BCUT2D eigenvalue weighted by atomic mass is 10.0. The average Bonchev–Trinajstić information content (AvgIpc) is 3.08. The summed E-state index contributed by atoms with van der Waals surface area (Å²) in [5.41, 5.74) is 7.74. The number of aryl methyl sites for hydroxylation is 1. The standard InChI is InChI=1S/C38H45N5O4/c1-6-20-39-43(7-2)33-15-12-30(13-16-33)27-47-37-10-8-9-35(40-37)31-17-21-41(22-18-31)25-29(4)42(26-34-19-23-46-34)36-24-32(38(44)45-5)14-11-28(36)3/h6,8-17,20,24,34H,1,4,7,18-19,21-23,25-27H2,2-3,5H3/b39-20-/t34-/m0/s1. The lowest BCUT2D eigenvalue weighted by molar-refractivity contribution is -0.0439. The Morgan fingerprint density at radius 2 is 2.00 bits per heavy atom. The monoisotopic (exact) mass is 635 g/mol. The van der Waals surface area contributed by atoms with E-state index in [0.29, 0.717) is 31.1 Å². The maximum Gasteiger partial charge on any atom is 0.337 e. The molecule has 246 valence electrons. The number of hydrogen-bond acceptors (Lipinski definition) is 9. The van der Waals surface area contributed by atoms with E-state index in [1.54, 1.807) is 18.4 Å². The van der Waals surface area contributed by atoms with Gasteiger partial charge < -0.3 is 19.1 Å². The molecule has 0 bridgehead atoms. The lowest BCUT2D eigenvalue weighted by Crippen LogP contribution is -2.42. The molecule has 1 fully saturated rings. The van der Waals surface area contributed by atoms with Crippen LogP contribution < -0.4 is 14.6 Å². The molecule has 2 aromatic carbocycles. The maximum absolute atomic E-state index is 12.3. The molecule has 0 unspecified atom stereocenters. The fraction of sp³-hybridized carbons (Fsp3) is 0.342. The summed E-state index contributed by atoms with van der Waals surface area (Å²) in [5, 5.41) is 6.31. The van der Waals surface area contributed by atoms with Crippen LogP contribution >= 0.6 is 0 Å². The molecule has 0 aliphatic carbocycles. The van der Waals surface area contributed by atoms with Gasteiger partial charge in [0.15, 0.2) is 0 Å². The Kier molecular flexibility index (Phi) is 11.6. The van der Waals surface area contributed by atoms with Gasteiger partial charge in [-0.3, -0.25) is 9.91 Å². The Balaban J connectivity index is 1.20. The second-order valence-corrected chi connectivity index (χ2v) is 11.7. The number of carbonyl (C=O) groups is 1. The van der Waals surface area contributed by atoms with Gasteiger partial charge in [-0.15, -0.1) is 0 Å². The Morgan fingerprint density at radius 1 is 1.19 bits per heavy atom. The van der Waals surface area contributed by atoms with Gasteiger partial charge in [-0.1, -0.05) is 43.5 Å². The number of pyridine rings is 1. The molecular weight excluding hydrogens is 590 g/mol. The molecule has 3 aromatic rings. The van der Waals surface area contributed by atoms with Crippen molar-refractivity contribution >= 4 is 29.1 Å². The summed E-state index contributed by atoms with van der Waals surface area (Å²) in [6.07, 6.45) is 7.64. The number of hydrogen-bond donors (Lipinski definition) is 0. The molecule has 0 saturated carbocycles. The van der Waals surface area contributed by atoms with E-state index in [1.807, 2.05) is 47.5 Å². The number of allylic oxidation sites excluding steroid dienone is 1. The third-order valence-electron chi connectivity index (χ3n) is 8.47. The first-order valence-corrected chi connectivity index (χ1v) is 16.2. The van der Waals surface area contributed by atoms with E-state index in [4.69, 9.17) is 19.2 Å². The van der Waals surface area contributed by atoms with Crippen molar-refractivity contribution < 1.29 is 19.0 Å². The highest BCUT2D eigenvalue weighted by Crippen LogP contribution is 2.29. The minimum Gasteiger partial charge on any atom is -0.473 e. The van der Waals surface area contributed by atoms with E-state index in [1.165, 1.54) is 12.7 Å². The molecule has 0 amide bonds. The number of ether oxygens (including phenoxy) is 3. The van der Waals surface area contributed by atoms with Crippen molar-refractivity contribution in [2.45, 2.75) is 39.4 Å². The van der Waals surface area contributed by atoms with E-state index < -0.39 is 0 Å². The number of aromatic nitrogens is 1. The van der Waals surface area contributed by atoms with Gasteiger partial charge in [-0.25, -0.2) is 9.78 Å². The topological polar surface area (TPSA) is 79.7 Å². The van der Waals surface area contributed by atoms with Crippen LogP contribution in [0.5, 0.6) is 5.88 Å². The third kappa shape index (κ3) is 8.75. The highest BCUT2D eigenvalue weighted by Gasteiger charge is 2.26. The van der Waals surface area contributed by atoms with Gasteiger partial charge in [-0.05, 0) is 79.8 Å². The van der Waals surface area contributed by atoms with Crippen LogP contribution in [0.15, 0.2) is 96.8 Å². The number of rotatable bonds is 15. The quantitative estimate of drug-likeness (QED) is 0.104. The second kappa shape index (κ2) is 16.2. The summed E-state index contributed by atoms with van der Waals surface area (Å²) >= 11 is 0. The van der Waals surface area contributed by atoms with Crippen molar-refractivity contribution in [1.82, 2.24) is 9.88 Å². The number of nitrogens with zero attached hydrogens (tertiary/aromatic N) is 5. The third-order valence-corrected chi connectivity index (χ3v) is 8.47. The number of methoxy groups -OCH3 is 1. The van der Waals surface area contributed by atoms with E-state index in [-0.39, 0.29) is 12.1 Å². The predicted molar refractivity (Wildman–Crippen MR) is 189 cm³/mol. The van der Waals surface area contributed by atoms with Crippen LogP contribution in [0.1, 0.15) is 46.9 Å². The zero-order valence-electron chi connectivity index (χ0n) is 27.7. The molecule has 5 rings (SSSR count). The van der Waals surface area contributed by atoms with Crippen LogP contribution in [0.3, 0.4) is 0 Å². The van der Waals surface area contributed by atoms with Crippen molar-refractivity contribution in [3.63, 3.8) is 0 Å². The zero-order valence-corrected chi connectivity index (χ0v) is 27.7. The van der Waals surface area contributed by atoms with Crippen LogP contribution in [0.4, 0.5) is 11.4 Å². The number of anilines is 2. The Hall–Kier alpha value is -4.73. The summed E-state index contributed by atoms with van der Waals surface area (Å²) in [5.74, 6) is 0.254. The molecule has 47 heavy (non-hydrogen) atoms. The normalized spacial score (nSPS) is 16.2. The largest absolute Gasteiger partial charge is 0.473 e. The fourth-order valence-corrected chi connectivity index (χ4v) is 5.66. The number of carbonyl (C=O) groups excluding carboxylic acids is 1. The lowest BCUT2D eigenvalue weighted by Gasteiger charge is -2.37. The SMILES string of the molecule is C=C/C=N\N(CC)c1ccc(COc2cccc(C3=CCN(CC(=C)N(C[C@@H]4CCO4)c4cc(C(=O)OC)ccc4C)CC3)n2)cc1. The van der Waals surface area contributed by atoms with Crippen LogP contribution in [-0.2, 0) is 16.1 Å². The summed E-state index contributed by atoms with van der Waals surface area (Å²) in [4.78, 5) is 21.7. The van der Waals surface area contributed by atoms with Crippen LogP contribution in [0.2, 0.25) is 0 Å². The smallest absolute Gasteiger partial charge is 0.337 e. The van der Waals surface area contributed by atoms with E-state index in [9.17, 15) is 4.79 Å². The predicted octanol–water partition coefficient (Wildman–Crippen LogP) is 6.65. The zero-order chi connectivity index (χ0) is 33.2. The molecule has 2 aliphatic rings. The van der Waals surface area contributed by atoms with Crippen molar-refractivity contribution in [2.75, 3.05) is 56.3 Å². The average molecular weight is 636 g/mol. The van der Waals surface area contributed by atoms with Crippen LogP contribution in [-0.4, -0.2) is 74.6 Å². The number of hydrazone groups is 1. The van der Waals surface area contributed by atoms with Gasteiger partial charge in [0.25, 0.3) is 0 Å². The molecular formula is C38H45N5O4. The van der Waals surface area contributed by atoms with Crippen molar-refractivity contribution in [2.24, 2.45) is 5.10 Å². The molecule has 0 spiro atoms. The van der Waals surface area contributed by atoms with E-state index >= 15 is 0 Å². The first kappa shape index (κ1) is 33.6. The molecule has 1 aromatic heterocycles. The highest BCUT2D eigenvalue weighted by molar-refractivity contribution is 5.91. The first-order valence-electron chi connectivity index (χ1n) is 16.2. The molecule has 0 radical (unpaired) electrons. The molecule has 2 aliphatic heterocycles. The van der Waals surface area contributed by atoms with Gasteiger partial charge >= 0.3 is 5.97 Å². The fourth-order valence-electron chi connectivity index (χ4n) is 5.66. The van der Waals surface area contributed by atoms with Gasteiger partial charge in [-0.2, -0.15) is 5.10 Å². The Bertz CT molecular complexity index is 1610.